The number of carbonyl (C=O) groups is 1. The van der Waals surface area contributed by atoms with E-state index in [-0.39, 0.29) is 6.09 Å². The molecule has 1 unspecified atom stereocenters. The maximum atomic E-state index is 12.5. The van der Waals surface area contributed by atoms with Crippen molar-refractivity contribution in [3.63, 3.8) is 0 Å². The summed E-state index contributed by atoms with van der Waals surface area (Å²) in [6.45, 7) is 3.58. The Labute approximate surface area is 139 Å². The van der Waals surface area contributed by atoms with Gasteiger partial charge in [-0.3, -0.25) is 14.8 Å². The van der Waals surface area contributed by atoms with E-state index < -0.39 is 5.60 Å². The molecule has 4 aliphatic rings. The van der Waals surface area contributed by atoms with E-state index in [0.717, 1.165) is 32.5 Å². The first kappa shape index (κ1) is 14.0. The van der Waals surface area contributed by atoms with Gasteiger partial charge in [-0.15, -0.1) is 0 Å². The van der Waals surface area contributed by atoms with E-state index in [1.165, 1.54) is 6.26 Å². The molecule has 1 amide bonds. The van der Waals surface area contributed by atoms with Crippen LogP contribution in [-0.2, 0) is 4.74 Å². The lowest BCUT2D eigenvalue weighted by atomic mass is 9.75. The number of anilines is 1. The first-order chi connectivity index (χ1) is 11.7. The second kappa shape index (κ2) is 5.04. The van der Waals surface area contributed by atoms with Crippen molar-refractivity contribution in [2.75, 3.05) is 31.1 Å². The summed E-state index contributed by atoms with van der Waals surface area (Å²) in [4.78, 5) is 25.1. The summed E-state index contributed by atoms with van der Waals surface area (Å²) in [5.74, 6) is 1.35. The quantitative estimate of drug-likeness (QED) is 0.842. The molecule has 0 aromatic carbocycles. The van der Waals surface area contributed by atoms with Crippen LogP contribution in [0, 0.1) is 5.92 Å². The van der Waals surface area contributed by atoms with E-state index in [2.05, 4.69) is 14.9 Å². The van der Waals surface area contributed by atoms with Gasteiger partial charge in [0.2, 0.25) is 5.89 Å². The number of hydrogen-bond donors (Lipinski definition) is 0. The van der Waals surface area contributed by atoms with Crippen LogP contribution in [0.4, 0.5) is 10.6 Å². The predicted octanol–water partition coefficient (Wildman–Crippen LogP) is 2.16. The third-order valence-electron chi connectivity index (χ3n) is 5.41. The average Bonchev–Trinajstić information content (AvgIpc) is 3.22. The van der Waals surface area contributed by atoms with E-state index in [9.17, 15) is 4.79 Å². The van der Waals surface area contributed by atoms with Crippen LogP contribution in [0.1, 0.15) is 12.8 Å². The second-order valence-electron chi connectivity index (χ2n) is 6.80. The summed E-state index contributed by atoms with van der Waals surface area (Å²) in [6.07, 6.45) is 5.06. The minimum Gasteiger partial charge on any atom is -0.441 e. The number of rotatable bonds is 2. The Morgan fingerprint density at radius 1 is 1.21 bits per heavy atom. The molecule has 1 atom stereocenters. The van der Waals surface area contributed by atoms with Gasteiger partial charge < -0.3 is 9.15 Å². The van der Waals surface area contributed by atoms with Crippen molar-refractivity contribution < 1.29 is 13.9 Å². The molecule has 1 spiro atoms. The highest BCUT2D eigenvalue weighted by Gasteiger charge is 2.56. The van der Waals surface area contributed by atoms with E-state index >= 15 is 0 Å². The molecule has 4 saturated heterocycles. The molecular weight excluding hydrogens is 308 g/mol. The molecule has 4 aliphatic heterocycles. The van der Waals surface area contributed by atoms with Crippen LogP contribution in [0.15, 0.2) is 35.1 Å². The molecule has 6 heterocycles. The van der Waals surface area contributed by atoms with Crippen LogP contribution >= 0.6 is 0 Å². The molecule has 0 saturated carbocycles. The van der Waals surface area contributed by atoms with Crippen LogP contribution in [-0.4, -0.2) is 52.7 Å². The van der Waals surface area contributed by atoms with E-state index in [1.807, 2.05) is 18.2 Å². The summed E-state index contributed by atoms with van der Waals surface area (Å²) in [7, 11) is 0. The van der Waals surface area contributed by atoms with Crippen LogP contribution in [0.25, 0.3) is 11.6 Å². The zero-order valence-electron chi connectivity index (χ0n) is 13.2. The number of pyridine rings is 1. The number of carbonyl (C=O) groups excluding carboxylic acids is 1. The summed E-state index contributed by atoms with van der Waals surface area (Å²) in [5.41, 5.74) is 0.256. The van der Waals surface area contributed by atoms with Gasteiger partial charge in [-0.25, -0.2) is 4.79 Å². The molecule has 6 rings (SSSR count). The lowest BCUT2D eigenvalue weighted by molar-refractivity contribution is -0.0881. The van der Waals surface area contributed by atoms with Crippen molar-refractivity contribution >= 4 is 11.9 Å². The molecule has 2 bridgehead atoms. The van der Waals surface area contributed by atoms with Gasteiger partial charge >= 0.3 is 6.09 Å². The van der Waals surface area contributed by atoms with Crippen molar-refractivity contribution in [3.05, 3.63) is 30.7 Å². The van der Waals surface area contributed by atoms with Gasteiger partial charge in [0.05, 0.1) is 6.54 Å². The highest BCUT2D eigenvalue weighted by molar-refractivity contribution is 5.89. The number of nitrogens with zero attached hydrogens (tertiary/aromatic N) is 4. The maximum Gasteiger partial charge on any atom is 0.416 e. The van der Waals surface area contributed by atoms with Crippen molar-refractivity contribution in [1.29, 1.82) is 0 Å². The Morgan fingerprint density at radius 3 is 2.79 bits per heavy atom. The minimum absolute atomic E-state index is 0.329. The number of piperidine rings is 3. The zero-order chi connectivity index (χ0) is 16.1. The molecule has 24 heavy (non-hydrogen) atoms. The fourth-order valence-electron chi connectivity index (χ4n) is 4.18. The van der Waals surface area contributed by atoms with Gasteiger partial charge in [0.1, 0.15) is 17.6 Å². The Balaban J connectivity index is 1.42. The van der Waals surface area contributed by atoms with E-state index in [4.69, 9.17) is 9.15 Å². The summed E-state index contributed by atoms with van der Waals surface area (Å²) >= 11 is 0. The summed E-state index contributed by atoms with van der Waals surface area (Å²) < 4.78 is 11.4. The van der Waals surface area contributed by atoms with E-state index in [1.54, 1.807) is 11.1 Å². The van der Waals surface area contributed by atoms with Gasteiger partial charge in [0.25, 0.3) is 0 Å². The molecule has 124 valence electrons. The smallest absolute Gasteiger partial charge is 0.416 e. The number of fused-ring (bicyclic) bond motifs is 2. The molecule has 0 radical (unpaired) electrons. The van der Waals surface area contributed by atoms with Crippen molar-refractivity contribution in [1.82, 2.24) is 14.9 Å². The first-order valence-electron chi connectivity index (χ1n) is 8.33. The Morgan fingerprint density at radius 2 is 2.08 bits per heavy atom. The molecule has 2 aromatic rings. The summed E-state index contributed by atoms with van der Waals surface area (Å²) in [6, 6.07) is 5.54. The highest BCUT2D eigenvalue weighted by atomic mass is 16.6. The Kier molecular flexibility index (Phi) is 2.94. The van der Waals surface area contributed by atoms with E-state index in [0.29, 0.717) is 29.9 Å². The number of hydrogen-bond acceptors (Lipinski definition) is 6. The van der Waals surface area contributed by atoms with Crippen LogP contribution in [0.2, 0.25) is 0 Å². The number of oxazole rings is 1. The van der Waals surface area contributed by atoms with Crippen molar-refractivity contribution in [2.45, 2.75) is 18.4 Å². The molecule has 0 N–H and O–H groups in total. The normalized spacial score (nSPS) is 31.7. The molecule has 2 aromatic heterocycles. The largest absolute Gasteiger partial charge is 0.441 e. The molecule has 7 nitrogen and oxygen atoms in total. The monoisotopic (exact) mass is 326 g/mol. The second-order valence-corrected chi connectivity index (χ2v) is 6.80. The lowest BCUT2D eigenvalue weighted by Gasteiger charge is -2.49. The first-order valence-corrected chi connectivity index (χ1v) is 8.33. The molecular formula is C17H18N4O3. The lowest BCUT2D eigenvalue weighted by Crippen LogP contribution is -2.61. The zero-order valence-corrected chi connectivity index (χ0v) is 13.2. The highest BCUT2D eigenvalue weighted by Crippen LogP contribution is 2.43. The van der Waals surface area contributed by atoms with Crippen molar-refractivity contribution in [2.24, 2.45) is 5.92 Å². The standard InChI is InChI=1S/C17H18N4O3/c22-16-21(11-17(24-16)10-20-7-4-12(17)5-8-20)14-9-23-15(19-14)13-3-1-2-6-18-13/h1-3,6,9,12H,4-5,7-8,10-11H2. The van der Waals surface area contributed by atoms with Crippen LogP contribution < -0.4 is 4.90 Å². The fraction of sp³-hybridized carbons (Fsp3) is 0.471. The van der Waals surface area contributed by atoms with Crippen LogP contribution in [0.3, 0.4) is 0 Å². The average molecular weight is 326 g/mol. The SMILES string of the molecule is O=C1OC2(CN3CCC2CC3)CN1c1coc(-c2ccccn2)n1. The van der Waals surface area contributed by atoms with Crippen LogP contribution in [0.5, 0.6) is 0 Å². The number of ether oxygens (including phenoxy) is 1. The summed E-state index contributed by atoms with van der Waals surface area (Å²) in [5, 5.41) is 0. The van der Waals surface area contributed by atoms with Gasteiger partial charge in [0, 0.05) is 18.7 Å². The van der Waals surface area contributed by atoms with Gasteiger partial charge in [-0.05, 0) is 38.1 Å². The predicted molar refractivity (Wildman–Crippen MR) is 85.5 cm³/mol. The number of aromatic nitrogens is 2. The fourth-order valence-corrected chi connectivity index (χ4v) is 4.18. The third kappa shape index (κ3) is 2.04. The molecule has 4 fully saturated rings. The van der Waals surface area contributed by atoms with Crippen molar-refractivity contribution in [3.8, 4) is 11.6 Å². The van der Waals surface area contributed by atoms with Gasteiger partial charge in [-0.2, -0.15) is 4.98 Å². The third-order valence-corrected chi connectivity index (χ3v) is 5.41. The Bertz CT molecular complexity index is 769. The van der Waals surface area contributed by atoms with Gasteiger partial charge in [-0.1, -0.05) is 6.07 Å². The maximum absolute atomic E-state index is 12.5. The number of amides is 1. The molecule has 7 heteroatoms. The topological polar surface area (TPSA) is 71.7 Å². The Hall–Kier alpha value is -2.41. The van der Waals surface area contributed by atoms with Gasteiger partial charge in [0.15, 0.2) is 5.82 Å². The minimum atomic E-state index is -0.391. The molecule has 0 aliphatic carbocycles.